The molecule has 6 nitrogen and oxygen atoms in total. The van der Waals surface area contributed by atoms with Crippen LogP contribution in [0.3, 0.4) is 0 Å². The Labute approximate surface area is 137 Å². The van der Waals surface area contributed by atoms with Crippen molar-refractivity contribution in [3.63, 3.8) is 0 Å². The van der Waals surface area contributed by atoms with Crippen LogP contribution in [0.5, 0.6) is 0 Å². The molecular weight excluding hydrogens is 313 g/mol. The smallest absolute Gasteiger partial charge is 0.327 e. The second-order valence-electron chi connectivity index (χ2n) is 5.72. The molecule has 0 aromatic heterocycles. The molecule has 0 aliphatic carbocycles. The van der Waals surface area contributed by atoms with Crippen LogP contribution in [0.25, 0.3) is 0 Å². The average Bonchev–Trinajstić information content (AvgIpc) is 2.54. The summed E-state index contributed by atoms with van der Waals surface area (Å²) in [5, 5.41) is 16.9. The van der Waals surface area contributed by atoms with E-state index < -0.39 is 16.4 Å². The van der Waals surface area contributed by atoms with Crippen molar-refractivity contribution in [2.45, 2.75) is 25.8 Å². The van der Waals surface area contributed by atoms with Crippen LogP contribution in [-0.4, -0.2) is 10.8 Å². The molecule has 0 spiro atoms. The normalized spacial score (nSPS) is 14.5. The quantitative estimate of drug-likeness (QED) is 0.660. The van der Waals surface area contributed by atoms with Crippen LogP contribution in [0, 0.1) is 15.9 Å². The van der Waals surface area contributed by atoms with Crippen molar-refractivity contribution in [1.82, 2.24) is 0 Å². The van der Waals surface area contributed by atoms with E-state index in [2.05, 4.69) is 10.6 Å². The van der Waals surface area contributed by atoms with Crippen LogP contribution in [0.2, 0.25) is 0 Å². The Morgan fingerprint density at radius 2 is 2.08 bits per heavy atom. The van der Waals surface area contributed by atoms with Crippen molar-refractivity contribution >= 4 is 23.0 Å². The first-order valence-corrected chi connectivity index (χ1v) is 7.58. The molecule has 3 rings (SSSR count). The molecule has 0 saturated heterocycles. The van der Waals surface area contributed by atoms with Gasteiger partial charge in [-0.1, -0.05) is 18.2 Å². The van der Waals surface area contributed by atoms with Crippen LogP contribution in [-0.2, 0) is 11.2 Å². The van der Waals surface area contributed by atoms with Crippen molar-refractivity contribution in [2.24, 2.45) is 0 Å². The van der Waals surface area contributed by atoms with Crippen LogP contribution >= 0.6 is 0 Å². The highest BCUT2D eigenvalue weighted by Gasteiger charge is 2.22. The van der Waals surface area contributed by atoms with Gasteiger partial charge in [0.05, 0.1) is 4.92 Å². The topological polar surface area (TPSA) is 84.3 Å². The van der Waals surface area contributed by atoms with Crippen molar-refractivity contribution in [3.05, 3.63) is 63.5 Å². The van der Waals surface area contributed by atoms with Gasteiger partial charge in [-0.2, -0.15) is 4.39 Å². The lowest BCUT2D eigenvalue weighted by atomic mass is 9.97. The Morgan fingerprint density at radius 1 is 1.29 bits per heavy atom. The summed E-state index contributed by atoms with van der Waals surface area (Å²) in [5.41, 5.74) is 2.30. The Morgan fingerprint density at radius 3 is 2.83 bits per heavy atom. The Kier molecular flexibility index (Phi) is 4.16. The van der Waals surface area contributed by atoms with E-state index in [9.17, 15) is 19.3 Å². The number of rotatable bonds is 4. The standard InChI is InChI=1S/C17H16FN3O3/c1-10(19-15-4-2-3-13(18)17(15)21(23)24)11-5-7-14-12(9-11)6-8-16(22)20-14/h2-5,7,9-10,19H,6,8H2,1H3,(H,20,22). The number of amides is 1. The third kappa shape index (κ3) is 3.05. The second-order valence-corrected chi connectivity index (χ2v) is 5.72. The number of carbonyl (C=O) groups is 1. The molecule has 1 heterocycles. The molecule has 1 unspecified atom stereocenters. The predicted molar refractivity (Wildman–Crippen MR) is 88.5 cm³/mol. The molecule has 7 heteroatoms. The van der Waals surface area contributed by atoms with E-state index in [0.29, 0.717) is 12.8 Å². The number of nitro benzene ring substituents is 1. The molecule has 1 amide bonds. The molecule has 0 saturated carbocycles. The number of fused-ring (bicyclic) bond motifs is 1. The maximum atomic E-state index is 13.7. The molecule has 2 aromatic rings. The van der Waals surface area contributed by atoms with Gasteiger partial charge in [-0.05, 0) is 42.7 Å². The van der Waals surface area contributed by atoms with E-state index in [-0.39, 0.29) is 17.6 Å². The summed E-state index contributed by atoms with van der Waals surface area (Å²) in [6.07, 6.45) is 1.09. The van der Waals surface area contributed by atoms with Gasteiger partial charge in [-0.15, -0.1) is 0 Å². The van der Waals surface area contributed by atoms with Crippen molar-refractivity contribution in [3.8, 4) is 0 Å². The van der Waals surface area contributed by atoms with Crippen molar-refractivity contribution < 1.29 is 14.1 Å². The number of para-hydroxylation sites is 1. The highest BCUT2D eigenvalue weighted by molar-refractivity contribution is 5.93. The molecule has 0 fully saturated rings. The number of nitrogens with zero attached hydrogens (tertiary/aromatic N) is 1. The van der Waals surface area contributed by atoms with Gasteiger partial charge in [0.15, 0.2) is 0 Å². The first-order chi connectivity index (χ1) is 11.5. The molecule has 1 aliphatic rings. The largest absolute Gasteiger partial charge is 0.373 e. The van der Waals surface area contributed by atoms with Crippen LogP contribution in [0.1, 0.15) is 30.5 Å². The third-order valence-corrected chi connectivity index (χ3v) is 4.07. The second kappa shape index (κ2) is 6.27. The lowest BCUT2D eigenvalue weighted by molar-refractivity contribution is -0.386. The van der Waals surface area contributed by atoms with Crippen LogP contribution in [0.4, 0.5) is 21.5 Å². The molecule has 0 radical (unpaired) electrons. The molecule has 1 aliphatic heterocycles. The lowest BCUT2D eigenvalue weighted by Crippen LogP contribution is -2.19. The van der Waals surface area contributed by atoms with Gasteiger partial charge in [0.2, 0.25) is 11.7 Å². The van der Waals surface area contributed by atoms with E-state index in [4.69, 9.17) is 0 Å². The molecule has 24 heavy (non-hydrogen) atoms. The van der Waals surface area contributed by atoms with Gasteiger partial charge in [0.25, 0.3) is 0 Å². The number of benzene rings is 2. The number of hydrogen-bond acceptors (Lipinski definition) is 4. The zero-order chi connectivity index (χ0) is 17.3. The van der Waals surface area contributed by atoms with Crippen molar-refractivity contribution in [1.29, 1.82) is 0 Å². The number of carbonyl (C=O) groups excluding carboxylic acids is 1. The summed E-state index contributed by atoms with van der Waals surface area (Å²) in [6, 6.07) is 9.34. The Bertz CT molecular complexity index is 823. The number of hydrogen-bond donors (Lipinski definition) is 2. The number of halogens is 1. The molecule has 0 bridgehead atoms. The van der Waals surface area contributed by atoms with E-state index >= 15 is 0 Å². The molecule has 124 valence electrons. The minimum absolute atomic E-state index is 0.00295. The highest BCUT2D eigenvalue weighted by Crippen LogP contribution is 2.32. The third-order valence-electron chi connectivity index (χ3n) is 4.07. The van der Waals surface area contributed by atoms with Gasteiger partial charge in [-0.3, -0.25) is 14.9 Å². The summed E-state index contributed by atoms with van der Waals surface area (Å²) in [6.45, 7) is 1.85. The van der Waals surface area contributed by atoms with Crippen LogP contribution < -0.4 is 10.6 Å². The fourth-order valence-corrected chi connectivity index (χ4v) is 2.81. The zero-order valence-corrected chi connectivity index (χ0v) is 13.0. The SMILES string of the molecule is CC(Nc1cccc(F)c1[N+](=O)[O-])c1ccc2c(c1)CCC(=O)N2. The number of aryl methyl sites for hydroxylation is 1. The van der Waals surface area contributed by atoms with E-state index in [1.54, 1.807) is 0 Å². The average molecular weight is 329 g/mol. The molecule has 2 aromatic carbocycles. The number of nitrogens with one attached hydrogen (secondary N) is 2. The maximum absolute atomic E-state index is 13.7. The number of nitro groups is 1. The van der Waals surface area contributed by atoms with E-state index in [1.165, 1.54) is 12.1 Å². The number of anilines is 2. The maximum Gasteiger partial charge on any atom is 0.327 e. The zero-order valence-electron chi connectivity index (χ0n) is 13.0. The Balaban J connectivity index is 1.86. The lowest BCUT2D eigenvalue weighted by Gasteiger charge is -2.21. The highest BCUT2D eigenvalue weighted by atomic mass is 19.1. The Hall–Kier alpha value is -2.96. The van der Waals surface area contributed by atoms with E-state index in [0.717, 1.165) is 22.9 Å². The first kappa shape index (κ1) is 15.9. The monoisotopic (exact) mass is 329 g/mol. The van der Waals surface area contributed by atoms with Crippen LogP contribution in [0.15, 0.2) is 36.4 Å². The molecule has 2 N–H and O–H groups in total. The molecular formula is C17H16FN3O3. The van der Waals surface area contributed by atoms with Gasteiger partial charge in [-0.25, -0.2) is 0 Å². The minimum atomic E-state index is -0.870. The fourth-order valence-electron chi connectivity index (χ4n) is 2.81. The first-order valence-electron chi connectivity index (χ1n) is 7.58. The van der Waals surface area contributed by atoms with Gasteiger partial charge < -0.3 is 10.6 Å². The summed E-state index contributed by atoms with van der Waals surface area (Å²) in [5.74, 6) is -0.873. The summed E-state index contributed by atoms with van der Waals surface area (Å²) in [7, 11) is 0. The summed E-state index contributed by atoms with van der Waals surface area (Å²) in [4.78, 5) is 21.7. The minimum Gasteiger partial charge on any atom is -0.373 e. The van der Waals surface area contributed by atoms with Gasteiger partial charge >= 0.3 is 5.69 Å². The van der Waals surface area contributed by atoms with Gasteiger partial charge in [0, 0.05) is 18.2 Å². The predicted octanol–water partition coefficient (Wildman–Crippen LogP) is 3.79. The van der Waals surface area contributed by atoms with E-state index in [1.807, 2.05) is 25.1 Å². The summed E-state index contributed by atoms with van der Waals surface area (Å²) >= 11 is 0. The molecule has 1 atom stereocenters. The van der Waals surface area contributed by atoms with Gasteiger partial charge in [0.1, 0.15) is 5.69 Å². The van der Waals surface area contributed by atoms with Crippen molar-refractivity contribution in [2.75, 3.05) is 10.6 Å². The summed E-state index contributed by atoms with van der Waals surface area (Å²) < 4.78 is 13.7. The fraction of sp³-hybridized carbons (Fsp3) is 0.235.